The Balaban J connectivity index is 2.16. The number of amides is 2. The molecule has 0 atom stereocenters. The van der Waals surface area contributed by atoms with Gasteiger partial charge in [0.2, 0.25) is 0 Å². The summed E-state index contributed by atoms with van der Waals surface area (Å²) >= 11 is 2.17. The Morgan fingerprint density at radius 1 is 1.17 bits per heavy atom. The van der Waals surface area contributed by atoms with Gasteiger partial charge in [-0.05, 0) is 59.0 Å². The molecule has 3 N–H and O–H groups in total. The zero-order valence-electron chi connectivity index (χ0n) is 12.3. The summed E-state index contributed by atoms with van der Waals surface area (Å²) in [5.41, 5.74) is 6.15. The number of carbonyl (C=O) groups excluding carboxylic acids is 2. The third-order valence-corrected chi connectivity index (χ3v) is 3.55. The van der Waals surface area contributed by atoms with Gasteiger partial charge in [-0.1, -0.05) is 6.07 Å². The molecule has 0 saturated heterocycles. The predicted octanol–water partition coefficient (Wildman–Crippen LogP) is 2.42. The lowest BCUT2D eigenvalue weighted by Gasteiger charge is -2.11. The lowest BCUT2D eigenvalue weighted by Crippen LogP contribution is -2.20. The number of primary amides is 1. The molecule has 0 unspecified atom stereocenters. The molecule has 2 rings (SSSR count). The highest BCUT2D eigenvalue weighted by atomic mass is 127. The molecular formula is C16H15IN2O4. The highest BCUT2D eigenvalue weighted by Crippen LogP contribution is 2.28. The first kappa shape index (κ1) is 17.1. The Hall–Kier alpha value is -2.29. The van der Waals surface area contributed by atoms with E-state index in [1.165, 1.54) is 7.11 Å². The largest absolute Gasteiger partial charge is 0.493 e. The lowest BCUT2D eigenvalue weighted by atomic mass is 10.2. The molecule has 0 aliphatic heterocycles. The van der Waals surface area contributed by atoms with E-state index in [1.807, 2.05) is 24.3 Å². The summed E-state index contributed by atoms with van der Waals surface area (Å²) in [6.07, 6.45) is 0. The maximum absolute atomic E-state index is 12.3. The van der Waals surface area contributed by atoms with Crippen LogP contribution in [0, 0.1) is 3.57 Å². The van der Waals surface area contributed by atoms with E-state index >= 15 is 0 Å². The first-order chi connectivity index (χ1) is 11.0. The van der Waals surface area contributed by atoms with Crippen LogP contribution in [0.2, 0.25) is 0 Å². The Labute approximate surface area is 147 Å². The second-order valence-electron chi connectivity index (χ2n) is 4.59. The van der Waals surface area contributed by atoms with Gasteiger partial charge in [0.25, 0.3) is 11.8 Å². The normalized spacial score (nSPS) is 10.0. The number of benzene rings is 2. The smallest absolute Gasteiger partial charge is 0.255 e. The molecule has 0 heterocycles. The van der Waals surface area contributed by atoms with E-state index < -0.39 is 5.91 Å². The van der Waals surface area contributed by atoms with E-state index in [4.69, 9.17) is 15.2 Å². The molecule has 6 nitrogen and oxygen atoms in total. The van der Waals surface area contributed by atoms with Crippen LogP contribution in [0.5, 0.6) is 11.5 Å². The Kier molecular flexibility index (Phi) is 5.80. The molecule has 0 aliphatic carbocycles. The van der Waals surface area contributed by atoms with Crippen LogP contribution in [0.25, 0.3) is 0 Å². The maximum Gasteiger partial charge on any atom is 0.255 e. The Morgan fingerprint density at radius 3 is 2.61 bits per heavy atom. The molecule has 0 fully saturated rings. The van der Waals surface area contributed by atoms with Crippen molar-refractivity contribution in [1.29, 1.82) is 0 Å². The fourth-order valence-electron chi connectivity index (χ4n) is 1.85. The summed E-state index contributed by atoms with van der Waals surface area (Å²) in [7, 11) is 1.45. The third kappa shape index (κ3) is 4.85. The van der Waals surface area contributed by atoms with Gasteiger partial charge >= 0.3 is 0 Å². The van der Waals surface area contributed by atoms with Gasteiger partial charge in [-0.25, -0.2) is 0 Å². The van der Waals surface area contributed by atoms with E-state index in [2.05, 4.69) is 27.9 Å². The average Bonchev–Trinajstić information content (AvgIpc) is 2.52. The predicted molar refractivity (Wildman–Crippen MR) is 94.8 cm³/mol. The van der Waals surface area contributed by atoms with Crippen molar-refractivity contribution in [2.45, 2.75) is 0 Å². The molecule has 2 aromatic rings. The quantitative estimate of drug-likeness (QED) is 0.695. The summed E-state index contributed by atoms with van der Waals surface area (Å²) in [5.74, 6) is -0.169. The molecule has 0 saturated carbocycles. The van der Waals surface area contributed by atoms with E-state index in [0.717, 1.165) is 3.57 Å². The van der Waals surface area contributed by atoms with Crippen LogP contribution in [0.15, 0.2) is 42.5 Å². The van der Waals surface area contributed by atoms with Crippen LogP contribution < -0.4 is 20.5 Å². The van der Waals surface area contributed by atoms with E-state index in [0.29, 0.717) is 22.7 Å². The first-order valence-corrected chi connectivity index (χ1v) is 7.73. The highest BCUT2D eigenvalue weighted by Gasteiger charge is 2.12. The van der Waals surface area contributed by atoms with Gasteiger partial charge in [0.15, 0.2) is 18.1 Å². The van der Waals surface area contributed by atoms with Crippen molar-refractivity contribution in [3.8, 4) is 11.5 Å². The molecule has 120 valence electrons. The van der Waals surface area contributed by atoms with Gasteiger partial charge in [0, 0.05) is 14.8 Å². The van der Waals surface area contributed by atoms with Crippen LogP contribution in [0.3, 0.4) is 0 Å². The second kappa shape index (κ2) is 7.82. The average molecular weight is 426 g/mol. The zero-order chi connectivity index (χ0) is 16.8. The minimum absolute atomic E-state index is 0.260. The molecule has 2 amide bonds. The molecule has 7 heteroatoms. The number of methoxy groups -OCH3 is 1. The van der Waals surface area contributed by atoms with Crippen LogP contribution in [-0.2, 0) is 4.79 Å². The molecule has 0 spiro atoms. The van der Waals surface area contributed by atoms with E-state index in [1.54, 1.807) is 18.2 Å². The summed E-state index contributed by atoms with van der Waals surface area (Å²) in [4.78, 5) is 23.1. The fourth-order valence-corrected chi connectivity index (χ4v) is 2.39. The Morgan fingerprint density at radius 2 is 1.96 bits per heavy atom. The van der Waals surface area contributed by atoms with Gasteiger partial charge in [0.1, 0.15) is 0 Å². The van der Waals surface area contributed by atoms with Crippen LogP contribution in [0.1, 0.15) is 10.4 Å². The standard InChI is InChI=1S/C16H15IN2O4/c1-22-14-7-10(5-6-13(14)23-9-15(18)20)16(21)19-12-4-2-3-11(17)8-12/h2-8H,9H2,1H3,(H2,18,20)(H,19,21). The number of nitrogens with two attached hydrogens (primary N) is 1. The van der Waals surface area contributed by atoms with Crippen molar-refractivity contribution < 1.29 is 19.1 Å². The van der Waals surface area contributed by atoms with Crippen molar-refractivity contribution in [2.24, 2.45) is 5.73 Å². The molecular weight excluding hydrogens is 411 g/mol. The van der Waals surface area contributed by atoms with Gasteiger partial charge in [-0.15, -0.1) is 0 Å². The molecule has 0 aromatic heterocycles. The third-order valence-electron chi connectivity index (χ3n) is 2.88. The van der Waals surface area contributed by atoms with Crippen molar-refractivity contribution in [1.82, 2.24) is 0 Å². The summed E-state index contributed by atoms with van der Waals surface area (Å²) in [5, 5.41) is 2.81. The topological polar surface area (TPSA) is 90.7 Å². The second-order valence-corrected chi connectivity index (χ2v) is 5.83. The number of ether oxygens (including phenoxy) is 2. The zero-order valence-corrected chi connectivity index (χ0v) is 14.5. The van der Waals surface area contributed by atoms with Crippen molar-refractivity contribution in [2.75, 3.05) is 19.0 Å². The number of rotatable bonds is 6. The number of hydrogen-bond donors (Lipinski definition) is 2. The van der Waals surface area contributed by atoms with Gasteiger partial charge in [0.05, 0.1) is 7.11 Å². The van der Waals surface area contributed by atoms with E-state index in [-0.39, 0.29) is 12.5 Å². The number of carbonyl (C=O) groups is 2. The highest BCUT2D eigenvalue weighted by molar-refractivity contribution is 14.1. The molecule has 0 radical (unpaired) electrons. The number of anilines is 1. The fraction of sp³-hybridized carbons (Fsp3) is 0.125. The van der Waals surface area contributed by atoms with Gasteiger partial charge < -0.3 is 20.5 Å². The van der Waals surface area contributed by atoms with Crippen molar-refractivity contribution >= 4 is 40.1 Å². The first-order valence-electron chi connectivity index (χ1n) is 6.65. The van der Waals surface area contributed by atoms with E-state index in [9.17, 15) is 9.59 Å². The van der Waals surface area contributed by atoms with Crippen molar-refractivity contribution in [3.05, 3.63) is 51.6 Å². The maximum atomic E-state index is 12.3. The number of hydrogen-bond acceptors (Lipinski definition) is 4. The molecule has 2 aromatic carbocycles. The molecule has 0 aliphatic rings. The number of nitrogens with one attached hydrogen (secondary N) is 1. The minimum atomic E-state index is -0.590. The van der Waals surface area contributed by atoms with Crippen molar-refractivity contribution in [3.63, 3.8) is 0 Å². The molecule has 23 heavy (non-hydrogen) atoms. The van der Waals surface area contributed by atoms with Crippen LogP contribution in [-0.4, -0.2) is 25.5 Å². The van der Waals surface area contributed by atoms with Crippen LogP contribution in [0.4, 0.5) is 5.69 Å². The van der Waals surface area contributed by atoms with Crippen LogP contribution >= 0.6 is 22.6 Å². The SMILES string of the molecule is COc1cc(C(=O)Nc2cccc(I)c2)ccc1OCC(N)=O. The minimum Gasteiger partial charge on any atom is -0.493 e. The summed E-state index contributed by atoms with van der Waals surface area (Å²) in [6, 6.07) is 12.2. The lowest BCUT2D eigenvalue weighted by molar-refractivity contribution is -0.119. The van der Waals surface area contributed by atoms with Gasteiger partial charge in [-0.3, -0.25) is 9.59 Å². The van der Waals surface area contributed by atoms with Gasteiger partial charge in [-0.2, -0.15) is 0 Å². The molecule has 0 bridgehead atoms. The summed E-state index contributed by atoms with van der Waals surface area (Å²) in [6.45, 7) is -0.260. The summed E-state index contributed by atoms with van der Waals surface area (Å²) < 4.78 is 11.4. The number of halogens is 1. The Bertz CT molecular complexity index is 734. The monoisotopic (exact) mass is 426 g/mol.